The zero-order valence-corrected chi connectivity index (χ0v) is 18.0. The van der Waals surface area contributed by atoms with Crippen LogP contribution in [-0.4, -0.2) is 38.1 Å². The summed E-state index contributed by atoms with van der Waals surface area (Å²) in [6, 6.07) is 21.3. The van der Waals surface area contributed by atoms with Crippen LogP contribution in [0.2, 0.25) is 0 Å². The van der Waals surface area contributed by atoms with E-state index in [0.29, 0.717) is 10.2 Å². The zero-order chi connectivity index (χ0) is 22.1. The molecule has 0 aliphatic carbocycles. The maximum atomic E-state index is 12.7. The Morgan fingerprint density at radius 3 is 2.62 bits per heavy atom. The monoisotopic (exact) mass is 441 g/mol. The summed E-state index contributed by atoms with van der Waals surface area (Å²) in [7, 11) is 0. The predicted octanol–water partition coefficient (Wildman–Crippen LogP) is 4.48. The lowest BCUT2D eigenvalue weighted by Gasteiger charge is -2.20. The van der Waals surface area contributed by atoms with E-state index in [-0.39, 0.29) is 18.0 Å². The highest BCUT2D eigenvalue weighted by atomic mass is 32.2. The topological polar surface area (TPSA) is 83.0 Å². The highest BCUT2D eigenvalue weighted by Gasteiger charge is 2.35. The van der Waals surface area contributed by atoms with Crippen molar-refractivity contribution in [2.45, 2.75) is 6.92 Å². The van der Waals surface area contributed by atoms with Crippen molar-refractivity contribution in [3.63, 3.8) is 0 Å². The van der Waals surface area contributed by atoms with E-state index in [0.717, 1.165) is 17.1 Å². The van der Waals surface area contributed by atoms with Crippen molar-refractivity contribution < 1.29 is 9.53 Å². The van der Waals surface area contributed by atoms with E-state index < -0.39 is 5.91 Å². The number of fused-ring (bicyclic) bond motifs is 1. The third kappa shape index (κ3) is 3.88. The lowest BCUT2D eigenvalue weighted by molar-refractivity contribution is -0.114. The molecule has 0 bridgehead atoms. The molecular formula is C24H19N5O2S. The summed E-state index contributed by atoms with van der Waals surface area (Å²) in [6.45, 7) is 2.27. The fraction of sp³-hybridized carbons (Fsp3) is 0.0833. The fourth-order valence-electron chi connectivity index (χ4n) is 3.35. The normalized spacial score (nSPS) is 16.8. The number of thioether (sulfide) groups is 1. The second-order valence-corrected chi connectivity index (χ2v) is 8.29. The Morgan fingerprint density at radius 1 is 1.06 bits per heavy atom. The van der Waals surface area contributed by atoms with Crippen LogP contribution in [0, 0.1) is 12.3 Å². The number of aromatic nitrogens is 1. The highest BCUT2D eigenvalue weighted by molar-refractivity contribution is 8.27. The molecule has 5 rings (SSSR count). The number of nitrogens with zero attached hydrogens (tertiary/aromatic N) is 4. The Labute approximate surface area is 189 Å². The molecule has 0 unspecified atom stereocenters. The first-order valence-corrected chi connectivity index (χ1v) is 10.8. The number of hydrogen-bond donors (Lipinski definition) is 1. The van der Waals surface area contributed by atoms with Gasteiger partial charge in [-0.1, -0.05) is 35.9 Å². The standard InChI is InChI=1S/C24H19N5O2S/c1-16-9-11-17(12-10-16)28-13-5-6-18(28)14-20-22(25)29-24(26-23(20)30)32-21(27-29)15-31-19-7-3-2-4-8-19/h2-14,25H,15H2,1H3/b20-14+,25-22?. The summed E-state index contributed by atoms with van der Waals surface area (Å²) in [5, 5.41) is 15.4. The van der Waals surface area contributed by atoms with Crippen LogP contribution in [0.4, 0.5) is 0 Å². The van der Waals surface area contributed by atoms with Crippen LogP contribution in [0.5, 0.6) is 5.75 Å². The number of para-hydroxylation sites is 1. The number of carbonyl (C=O) groups is 1. The Hall–Kier alpha value is -3.91. The van der Waals surface area contributed by atoms with Crippen LogP contribution in [0.25, 0.3) is 11.8 Å². The van der Waals surface area contributed by atoms with E-state index in [4.69, 9.17) is 10.1 Å². The lowest BCUT2D eigenvalue weighted by atomic mass is 10.1. The molecule has 0 fully saturated rings. The molecule has 0 saturated heterocycles. The van der Waals surface area contributed by atoms with E-state index in [1.807, 2.05) is 84.4 Å². The average molecular weight is 442 g/mol. The van der Waals surface area contributed by atoms with Crippen LogP contribution >= 0.6 is 11.8 Å². The van der Waals surface area contributed by atoms with Gasteiger partial charge in [0.1, 0.15) is 17.4 Å². The van der Waals surface area contributed by atoms with Gasteiger partial charge in [0.2, 0.25) is 5.17 Å². The molecule has 158 valence electrons. The lowest BCUT2D eigenvalue weighted by Crippen LogP contribution is -2.35. The van der Waals surface area contributed by atoms with Crippen LogP contribution in [0.1, 0.15) is 11.3 Å². The van der Waals surface area contributed by atoms with E-state index in [2.05, 4.69) is 10.1 Å². The van der Waals surface area contributed by atoms with Crippen LogP contribution in [0.15, 0.2) is 88.6 Å². The Balaban J connectivity index is 1.39. The zero-order valence-electron chi connectivity index (χ0n) is 17.2. The van der Waals surface area contributed by atoms with Gasteiger partial charge >= 0.3 is 0 Å². The number of amidine groups is 2. The number of benzene rings is 2. The maximum Gasteiger partial charge on any atom is 0.283 e. The van der Waals surface area contributed by atoms with Crippen LogP contribution < -0.4 is 4.74 Å². The number of amides is 1. The fourth-order valence-corrected chi connectivity index (χ4v) is 4.15. The van der Waals surface area contributed by atoms with Gasteiger partial charge in [0.15, 0.2) is 5.84 Å². The molecule has 3 aromatic rings. The van der Waals surface area contributed by atoms with Gasteiger partial charge in [-0.2, -0.15) is 15.1 Å². The molecule has 2 aliphatic heterocycles. The summed E-state index contributed by atoms with van der Waals surface area (Å²) in [5.41, 5.74) is 3.12. The van der Waals surface area contributed by atoms with Crippen molar-refractivity contribution in [2.24, 2.45) is 10.1 Å². The number of ether oxygens (including phenoxy) is 1. The van der Waals surface area contributed by atoms with Gasteiger partial charge in [0.05, 0.1) is 5.57 Å². The summed E-state index contributed by atoms with van der Waals surface area (Å²) in [4.78, 5) is 16.9. The molecule has 32 heavy (non-hydrogen) atoms. The molecule has 2 aliphatic rings. The summed E-state index contributed by atoms with van der Waals surface area (Å²) in [6.07, 6.45) is 3.61. The summed E-state index contributed by atoms with van der Waals surface area (Å²) in [5.74, 6) is 0.274. The third-order valence-corrected chi connectivity index (χ3v) is 5.87. The molecule has 0 saturated carbocycles. The van der Waals surface area contributed by atoms with Gasteiger partial charge in [0, 0.05) is 17.6 Å². The predicted molar refractivity (Wildman–Crippen MR) is 127 cm³/mol. The van der Waals surface area contributed by atoms with Gasteiger partial charge in [0.25, 0.3) is 5.91 Å². The smallest absolute Gasteiger partial charge is 0.283 e. The van der Waals surface area contributed by atoms with Gasteiger partial charge in [-0.15, -0.1) is 0 Å². The first-order chi connectivity index (χ1) is 15.6. The minimum absolute atomic E-state index is 0.00105. The van der Waals surface area contributed by atoms with Crippen LogP contribution in [0.3, 0.4) is 0 Å². The number of carbonyl (C=O) groups excluding carboxylic acids is 1. The number of hydrazone groups is 1. The number of aryl methyl sites for hydroxylation is 1. The SMILES string of the molecule is Cc1ccc(-n2cccc2/C=C2\C(=N)N3N=C(COc4ccccc4)SC3=NC2=O)cc1. The Morgan fingerprint density at radius 2 is 1.84 bits per heavy atom. The minimum Gasteiger partial charge on any atom is -0.487 e. The molecule has 0 spiro atoms. The largest absolute Gasteiger partial charge is 0.487 e. The maximum absolute atomic E-state index is 12.7. The number of rotatable bonds is 5. The first kappa shape index (κ1) is 20.0. The number of nitrogens with one attached hydrogen (secondary N) is 1. The number of hydrogen-bond acceptors (Lipinski definition) is 5. The molecule has 7 nitrogen and oxygen atoms in total. The molecule has 1 aromatic heterocycles. The highest BCUT2D eigenvalue weighted by Crippen LogP contribution is 2.29. The van der Waals surface area contributed by atoms with E-state index in [9.17, 15) is 4.79 Å². The summed E-state index contributed by atoms with van der Waals surface area (Å²) < 4.78 is 7.70. The van der Waals surface area contributed by atoms with Crippen molar-refractivity contribution in [1.82, 2.24) is 9.58 Å². The Kier molecular flexibility index (Phi) is 5.20. The van der Waals surface area contributed by atoms with E-state index in [1.54, 1.807) is 6.08 Å². The quantitative estimate of drug-likeness (QED) is 0.592. The first-order valence-electron chi connectivity index (χ1n) is 10.00. The second-order valence-electron chi connectivity index (χ2n) is 7.25. The van der Waals surface area contributed by atoms with Crippen molar-refractivity contribution in [3.05, 3.63) is 89.8 Å². The van der Waals surface area contributed by atoms with Gasteiger partial charge in [-0.25, -0.2) is 0 Å². The molecule has 1 N–H and O–H groups in total. The summed E-state index contributed by atoms with van der Waals surface area (Å²) >= 11 is 1.24. The van der Waals surface area contributed by atoms with Gasteiger partial charge in [-0.3, -0.25) is 10.2 Å². The molecule has 8 heteroatoms. The van der Waals surface area contributed by atoms with Crippen molar-refractivity contribution >= 4 is 39.8 Å². The van der Waals surface area contributed by atoms with E-state index >= 15 is 0 Å². The van der Waals surface area contributed by atoms with E-state index in [1.165, 1.54) is 22.3 Å². The van der Waals surface area contributed by atoms with Gasteiger partial charge in [-0.05, 0) is 61.2 Å². The molecular weight excluding hydrogens is 422 g/mol. The molecule has 1 amide bonds. The number of aliphatic imine (C=N–C) groups is 1. The van der Waals surface area contributed by atoms with Crippen molar-refractivity contribution in [1.29, 1.82) is 5.41 Å². The van der Waals surface area contributed by atoms with Crippen molar-refractivity contribution in [2.75, 3.05) is 6.61 Å². The van der Waals surface area contributed by atoms with Gasteiger partial charge < -0.3 is 9.30 Å². The minimum atomic E-state index is -0.453. The van der Waals surface area contributed by atoms with Crippen LogP contribution in [-0.2, 0) is 4.79 Å². The molecule has 0 atom stereocenters. The molecule has 3 heterocycles. The molecule has 2 aromatic carbocycles. The van der Waals surface area contributed by atoms with Crippen molar-refractivity contribution in [3.8, 4) is 11.4 Å². The third-order valence-electron chi connectivity index (χ3n) is 4.99. The average Bonchev–Trinajstić information content (AvgIpc) is 3.43. The molecule has 0 radical (unpaired) electrons. The Bertz CT molecular complexity index is 1290. The second kappa shape index (κ2) is 8.32.